The summed E-state index contributed by atoms with van der Waals surface area (Å²) in [5.41, 5.74) is 1.96. The predicted molar refractivity (Wildman–Crippen MR) is 95.9 cm³/mol. The van der Waals surface area contributed by atoms with Crippen molar-refractivity contribution in [2.75, 3.05) is 5.32 Å². The molecule has 118 valence electrons. The Kier molecular flexibility index (Phi) is 4.75. The standard InChI is InChI=1S/C16H14ClN3OS2/c1-9-13(7-11-5-3-4-6-12(11)17)23-16(19-9)20-15(21)14-8-18-10(2)22-14/h3-6,8H,7H2,1-2H3,(H,19,20,21). The largest absolute Gasteiger partial charge is 0.297 e. The average Bonchev–Trinajstić information content (AvgIpc) is 3.08. The van der Waals surface area contributed by atoms with E-state index in [-0.39, 0.29) is 5.91 Å². The normalized spacial score (nSPS) is 10.7. The third kappa shape index (κ3) is 3.77. The van der Waals surface area contributed by atoms with Crippen molar-refractivity contribution in [1.82, 2.24) is 9.97 Å². The van der Waals surface area contributed by atoms with Gasteiger partial charge in [0.25, 0.3) is 5.91 Å². The smallest absolute Gasteiger partial charge is 0.269 e. The van der Waals surface area contributed by atoms with Gasteiger partial charge in [-0.1, -0.05) is 29.8 Å². The zero-order chi connectivity index (χ0) is 16.4. The molecular formula is C16H14ClN3OS2. The van der Waals surface area contributed by atoms with Crippen molar-refractivity contribution in [2.45, 2.75) is 20.3 Å². The molecule has 0 aliphatic heterocycles. The summed E-state index contributed by atoms with van der Waals surface area (Å²) in [6, 6.07) is 7.75. The number of carbonyl (C=O) groups is 1. The SMILES string of the molecule is Cc1ncc(C(=O)Nc2nc(C)c(Cc3ccccc3Cl)s2)s1. The van der Waals surface area contributed by atoms with E-state index in [1.54, 1.807) is 6.20 Å². The molecule has 2 aromatic heterocycles. The van der Waals surface area contributed by atoms with Crippen LogP contribution in [0.15, 0.2) is 30.5 Å². The Balaban J connectivity index is 1.76. The number of nitrogens with zero attached hydrogens (tertiary/aromatic N) is 2. The zero-order valence-electron chi connectivity index (χ0n) is 12.6. The molecule has 3 aromatic rings. The second-order valence-corrected chi connectivity index (χ2v) is 7.72. The monoisotopic (exact) mass is 363 g/mol. The molecule has 0 unspecified atom stereocenters. The van der Waals surface area contributed by atoms with E-state index in [2.05, 4.69) is 15.3 Å². The number of hydrogen-bond acceptors (Lipinski definition) is 5. The Morgan fingerprint density at radius 3 is 2.74 bits per heavy atom. The van der Waals surface area contributed by atoms with E-state index >= 15 is 0 Å². The lowest BCUT2D eigenvalue weighted by Crippen LogP contribution is -2.09. The number of thiazole rings is 2. The molecule has 1 amide bonds. The molecule has 0 atom stereocenters. The van der Waals surface area contributed by atoms with Crippen molar-refractivity contribution in [3.05, 3.63) is 61.5 Å². The van der Waals surface area contributed by atoms with Crippen molar-refractivity contribution in [3.8, 4) is 0 Å². The summed E-state index contributed by atoms with van der Waals surface area (Å²) in [6.07, 6.45) is 2.29. The number of amides is 1. The van der Waals surface area contributed by atoms with Crippen LogP contribution in [0.3, 0.4) is 0 Å². The van der Waals surface area contributed by atoms with Gasteiger partial charge in [0.05, 0.1) is 16.9 Å². The maximum atomic E-state index is 12.2. The Morgan fingerprint density at radius 2 is 2.04 bits per heavy atom. The van der Waals surface area contributed by atoms with Crippen LogP contribution in [0.5, 0.6) is 0 Å². The first-order chi connectivity index (χ1) is 11.0. The quantitative estimate of drug-likeness (QED) is 0.730. The third-order valence-corrected chi connectivity index (χ3v) is 5.62. The van der Waals surface area contributed by atoms with Gasteiger partial charge >= 0.3 is 0 Å². The zero-order valence-corrected chi connectivity index (χ0v) is 15.0. The molecule has 0 aliphatic rings. The lowest BCUT2D eigenvalue weighted by atomic mass is 10.1. The number of benzene rings is 1. The summed E-state index contributed by atoms with van der Waals surface area (Å²) in [6.45, 7) is 3.81. The number of carbonyl (C=O) groups excluding carboxylic acids is 1. The van der Waals surface area contributed by atoms with Gasteiger partial charge in [-0.15, -0.1) is 22.7 Å². The van der Waals surface area contributed by atoms with Gasteiger partial charge in [-0.05, 0) is 25.5 Å². The van der Waals surface area contributed by atoms with Crippen molar-refractivity contribution in [1.29, 1.82) is 0 Å². The molecule has 7 heteroatoms. The van der Waals surface area contributed by atoms with E-state index in [1.807, 2.05) is 38.1 Å². The first-order valence-corrected chi connectivity index (χ1v) is 8.97. The molecule has 0 fully saturated rings. The van der Waals surface area contributed by atoms with Crippen LogP contribution in [0.2, 0.25) is 5.02 Å². The number of anilines is 1. The topological polar surface area (TPSA) is 54.9 Å². The number of aromatic nitrogens is 2. The molecule has 0 bridgehead atoms. The van der Waals surface area contributed by atoms with Gasteiger partial charge in [-0.2, -0.15) is 0 Å². The van der Waals surface area contributed by atoms with Crippen LogP contribution in [0, 0.1) is 13.8 Å². The number of rotatable bonds is 4. The Hall–Kier alpha value is -1.76. The Morgan fingerprint density at radius 1 is 1.26 bits per heavy atom. The molecule has 0 saturated carbocycles. The highest BCUT2D eigenvalue weighted by Crippen LogP contribution is 2.28. The predicted octanol–water partition coefficient (Wildman–Crippen LogP) is 4.71. The van der Waals surface area contributed by atoms with Gasteiger partial charge in [-0.25, -0.2) is 9.97 Å². The molecule has 0 aliphatic carbocycles. The lowest BCUT2D eigenvalue weighted by molar-refractivity contribution is 0.103. The van der Waals surface area contributed by atoms with Crippen LogP contribution >= 0.6 is 34.3 Å². The Labute approximate surface area is 147 Å². The van der Waals surface area contributed by atoms with Gasteiger partial charge in [0, 0.05) is 16.3 Å². The van der Waals surface area contributed by atoms with Gasteiger partial charge in [-0.3, -0.25) is 10.1 Å². The van der Waals surface area contributed by atoms with Crippen molar-refractivity contribution >= 4 is 45.3 Å². The summed E-state index contributed by atoms with van der Waals surface area (Å²) < 4.78 is 0. The summed E-state index contributed by atoms with van der Waals surface area (Å²) in [5, 5.41) is 5.04. The molecule has 2 heterocycles. The number of halogens is 1. The van der Waals surface area contributed by atoms with Crippen LogP contribution in [-0.2, 0) is 6.42 Å². The van der Waals surface area contributed by atoms with Crippen LogP contribution in [0.4, 0.5) is 5.13 Å². The molecule has 3 rings (SSSR count). The van der Waals surface area contributed by atoms with Gasteiger partial charge in [0.15, 0.2) is 5.13 Å². The Bertz CT molecular complexity index is 857. The van der Waals surface area contributed by atoms with E-state index in [9.17, 15) is 4.79 Å². The fourth-order valence-corrected chi connectivity index (χ4v) is 3.94. The molecule has 0 saturated heterocycles. The first kappa shape index (κ1) is 16.1. The van der Waals surface area contributed by atoms with E-state index in [1.165, 1.54) is 22.7 Å². The van der Waals surface area contributed by atoms with Crippen LogP contribution in [-0.4, -0.2) is 15.9 Å². The summed E-state index contributed by atoms with van der Waals surface area (Å²) >= 11 is 9.05. The van der Waals surface area contributed by atoms with Gasteiger partial charge < -0.3 is 0 Å². The number of aryl methyl sites for hydroxylation is 2. The van der Waals surface area contributed by atoms with E-state index in [0.29, 0.717) is 16.4 Å². The van der Waals surface area contributed by atoms with Crippen LogP contribution < -0.4 is 5.32 Å². The minimum Gasteiger partial charge on any atom is -0.297 e. The molecule has 0 radical (unpaired) electrons. The van der Waals surface area contributed by atoms with Gasteiger partial charge in [0.1, 0.15) is 4.88 Å². The second-order valence-electron chi connectivity index (χ2n) is 4.99. The fourth-order valence-electron chi connectivity index (χ4n) is 2.09. The highest BCUT2D eigenvalue weighted by Gasteiger charge is 2.14. The third-order valence-electron chi connectivity index (χ3n) is 3.27. The summed E-state index contributed by atoms with van der Waals surface area (Å²) in [4.78, 5) is 22.4. The molecule has 1 aromatic carbocycles. The molecule has 23 heavy (non-hydrogen) atoms. The molecule has 0 spiro atoms. The number of nitrogens with one attached hydrogen (secondary N) is 1. The van der Waals surface area contributed by atoms with Gasteiger partial charge in [0.2, 0.25) is 0 Å². The van der Waals surface area contributed by atoms with E-state index < -0.39 is 0 Å². The minimum atomic E-state index is -0.173. The molecule has 1 N–H and O–H groups in total. The highest BCUT2D eigenvalue weighted by molar-refractivity contribution is 7.16. The van der Waals surface area contributed by atoms with E-state index in [4.69, 9.17) is 11.6 Å². The van der Waals surface area contributed by atoms with Crippen LogP contribution in [0.25, 0.3) is 0 Å². The molecule has 4 nitrogen and oxygen atoms in total. The van der Waals surface area contributed by atoms with Crippen molar-refractivity contribution in [3.63, 3.8) is 0 Å². The maximum absolute atomic E-state index is 12.2. The lowest BCUT2D eigenvalue weighted by Gasteiger charge is -2.02. The molecular weight excluding hydrogens is 350 g/mol. The van der Waals surface area contributed by atoms with Crippen molar-refractivity contribution < 1.29 is 4.79 Å². The minimum absolute atomic E-state index is 0.173. The summed E-state index contributed by atoms with van der Waals surface area (Å²) in [7, 11) is 0. The number of hydrogen-bond donors (Lipinski definition) is 1. The van der Waals surface area contributed by atoms with Crippen LogP contribution in [0.1, 0.15) is 30.8 Å². The fraction of sp³-hybridized carbons (Fsp3) is 0.188. The first-order valence-electron chi connectivity index (χ1n) is 6.96. The van der Waals surface area contributed by atoms with Crippen molar-refractivity contribution in [2.24, 2.45) is 0 Å². The maximum Gasteiger partial charge on any atom is 0.269 e. The van der Waals surface area contributed by atoms with E-state index in [0.717, 1.165) is 26.2 Å². The average molecular weight is 364 g/mol. The highest BCUT2D eigenvalue weighted by atomic mass is 35.5. The summed E-state index contributed by atoms with van der Waals surface area (Å²) in [5.74, 6) is -0.173. The second kappa shape index (κ2) is 6.78.